The molecule has 3 aromatic carbocycles. The van der Waals surface area contributed by atoms with Crippen LogP contribution in [0.5, 0.6) is 0 Å². The van der Waals surface area contributed by atoms with Crippen LogP contribution < -0.4 is 5.73 Å². The molecule has 0 aliphatic carbocycles. The Hall–Kier alpha value is -2.90. The second-order valence-electron chi connectivity index (χ2n) is 5.37. The zero-order valence-electron chi connectivity index (χ0n) is 13.8. The lowest BCUT2D eigenvalue weighted by molar-refractivity contribution is 0.871. The van der Waals surface area contributed by atoms with Crippen LogP contribution in [-0.2, 0) is 0 Å². The SMILES string of the molecule is C=Cc1ccc(C=C)cc1.NC(c1ccccc1)c1ccccc1. The van der Waals surface area contributed by atoms with E-state index in [1.54, 1.807) is 0 Å². The highest BCUT2D eigenvalue weighted by Gasteiger charge is 2.06. The van der Waals surface area contributed by atoms with Gasteiger partial charge in [0.15, 0.2) is 0 Å². The summed E-state index contributed by atoms with van der Waals surface area (Å²) in [5.41, 5.74) is 10.7. The van der Waals surface area contributed by atoms with E-state index < -0.39 is 0 Å². The van der Waals surface area contributed by atoms with Crippen LogP contribution in [-0.4, -0.2) is 0 Å². The molecule has 0 fully saturated rings. The molecular weight excluding hydrogens is 290 g/mol. The number of benzene rings is 3. The first-order chi connectivity index (χ1) is 11.7. The van der Waals surface area contributed by atoms with Crippen LogP contribution in [0.2, 0.25) is 0 Å². The number of hydrogen-bond donors (Lipinski definition) is 1. The molecule has 120 valence electrons. The zero-order valence-corrected chi connectivity index (χ0v) is 13.8. The molecule has 0 atom stereocenters. The lowest BCUT2D eigenvalue weighted by Crippen LogP contribution is -2.11. The Kier molecular flexibility index (Phi) is 6.75. The first-order valence-corrected chi connectivity index (χ1v) is 7.95. The van der Waals surface area contributed by atoms with Crippen LogP contribution in [0.4, 0.5) is 0 Å². The van der Waals surface area contributed by atoms with Crippen LogP contribution in [0, 0.1) is 0 Å². The molecule has 0 heterocycles. The van der Waals surface area contributed by atoms with Gasteiger partial charge in [-0.1, -0.05) is 110 Å². The zero-order chi connectivity index (χ0) is 17.2. The minimum absolute atomic E-state index is 0.0163. The van der Waals surface area contributed by atoms with Crippen molar-refractivity contribution in [2.75, 3.05) is 0 Å². The molecule has 24 heavy (non-hydrogen) atoms. The highest BCUT2D eigenvalue weighted by molar-refractivity contribution is 5.53. The largest absolute Gasteiger partial charge is 0.320 e. The Morgan fingerprint density at radius 3 is 1.21 bits per heavy atom. The van der Waals surface area contributed by atoms with Crippen molar-refractivity contribution in [3.63, 3.8) is 0 Å². The van der Waals surface area contributed by atoms with Gasteiger partial charge in [0.25, 0.3) is 0 Å². The molecule has 1 nitrogen and oxygen atoms in total. The van der Waals surface area contributed by atoms with E-state index >= 15 is 0 Å². The first kappa shape index (κ1) is 17.5. The second-order valence-corrected chi connectivity index (χ2v) is 5.37. The van der Waals surface area contributed by atoms with Gasteiger partial charge in [-0.15, -0.1) is 0 Å². The predicted molar refractivity (Wildman–Crippen MR) is 106 cm³/mol. The maximum absolute atomic E-state index is 6.12. The normalized spacial score (nSPS) is 9.75. The predicted octanol–water partition coefficient (Wildman–Crippen LogP) is 5.71. The topological polar surface area (TPSA) is 26.0 Å². The molecule has 0 bridgehead atoms. The maximum Gasteiger partial charge on any atom is 0.0551 e. The standard InChI is InChI=1S/C13H13N.C10H10/c14-13(11-7-3-1-4-8-11)12-9-5-2-6-10-12;1-3-9-5-7-10(4-2)8-6-9/h1-10,13H,14H2;3-8H,1-2H2. The van der Waals surface area contributed by atoms with E-state index in [0.717, 1.165) is 22.3 Å². The number of hydrogen-bond acceptors (Lipinski definition) is 1. The number of rotatable bonds is 4. The minimum Gasteiger partial charge on any atom is -0.320 e. The van der Waals surface area contributed by atoms with Gasteiger partial charge in [-0.25, -0.2) is 0 Å². The molecule has 1 heteroatoms. The van der Waals surface area contributed by atoms with Crippen LogP contribution in [0.1, 0.15) is 28.3 Å². The molecule has 2 N–H and O–H groups in total. The van der Waals surface area contributed by atoms with E-state index in [4.69, 9.17) is 5.73 Å². The fraction of sp³-hybridized carbons (Fsp3) is 0.0435. The molecule has 0 unspecified atom stereocenters. The quantitative estimate of drug-likeness (QED) is 0.656. The molecule has 0 radical (unpaired) electrons. The van der Waals surface area contributed by atoms with Crippen molar-refractivity contribution in [2.45, 2.75) is 6.04 Å². The van der Waals surface area contributed by atoms with Gasteiger partial charge in [0.05, 0.1) is 6.04 Å². The Balaban J connectivity index is 0.000000185. The average molecular weight is 313 g/mol. The van der Waals surface area contributed by atoms with E-state index in [0.29, 0.717) is 0 Å². The third kappa shape index (κ3) is 5.08. The summed E-state index contributed by atoms with van der Waals surface area (Å²) in [6.45, 7) is 7.32. The summed E-state index contributed by atoms with van der Waals surface area (Å²) in [6.07, 6.45) is 3.65. The third-order valence-electron chi connectivity index (χ3n) is 3.73. The summed E-state index contributed by atoms with van der Waals surface area (Å²) in [5.74, 6) is 0. The van der Waals surface area contributed by atoms with E-state index in [1.807, 2.05) is 72.8 Å². The monoisotopic (exact) mass is 313 g/mol. The van der Waals surface area contributed by atoms with E-state index in [-0.39, 0.29) is 6.04 Å². The Labute approximate surface area is 144 Å². The molecule has 3 aromatic rings. The molecule has 0 amide bonds. The van der Waals surface area contributed by atoms with Crippen molar-refractivity contribution >= 4 is 12.2 Å². The van der Waals surface area contributed by atoms with E-state index in [1.165, 1.54) is 0 Å². The molecule has 0 spiro atoms. The first-order valence-electron chi connectivity index (χ1n) is 7.95. The van der Waals surface area contributed by atoms with Crippen molar-refractivity contribution in [3.8, 4) is 0 Å². The van der Waals surface area contributed by atoms with Gasteiger partial charge >= 0.3 is 0 Å². The lowest BCUT2D eigenvalue weighted by Gasteiger charge is -2.11. The molecule has 3 rings (SSSR count). The van der Waals surface area contributed by atoms with Crippen molar-refractivity contribution in [3.05, 3.63) is 120 Å². The fourth-order valence-electron chi connectivity index (χ4n) is 2.28. The van der Waals surface area contributed by atoms with Gasteiger partial charge in [-0.05, 0) is 22.3 Å². The van der Waals surface area contributed by atoms with Crippen LogP contribution in [0.15, 0.2) is 98.1 Å². The molecule has 0 aliphatic heterocycles. The molecular formula is C23H23N. The summed E-state index contributed by atoms with van der Waals surface area (Å²) in [4.78, 5) is 0. The second kappa shape index (κ2) is 9.29. The summed E-state index contributed by atoms with van der Waals surface area (Å²) in [7, 11) is 0. The smallest absolute Gasteiger partial charge is 0.0551 e. The molecule has 0 aromatic heterocycles. The maximum atomic E-state index is 6.12. The van der Waals surface area contributed by atoms with Crippen molar-refractivity contribution in [1.82, 2.24) is 0 Å². The van der Waals surface area contributed by atoms with Crippen LogP contribution in [0.3, 0.4) is 0 Å². The van der Waals surface area contributed by atoms with Gasteiger partial charge in [-0.3, -0.25) is 0 Å². The van der Waals surface area contributed by atoms with Gasteiger partial charge in [0, 0.05) is 0 Å². The minimum atomic E-state index is -0.0163. The highest BCUT2D eigenvalue weighted by Crippen LogP contribution is 2.18. The van der Waals surface area contributed by atoms with E-state index in [2.05, 4.69) is 37.4 Å². The summed E-state index contributed by atoms with van der Waals surface area (Å²) in [5, 5.41) is 0. The number of nitrogens with two attached hydrogens (primary N) is 1. The highest BCUT2D eigenvalue weighted by atomic mass is 14.6. The Morgan fingerprint density at radius 1 is 0.583 bits per heavy atom. The Bertz CT molecular complexity index is 677. The van der Waals surface area contributed by atoms with Gasteiger partial charge in [0.2, 0.25) is 0 Å². The lowest BCUT2D eigenvalue weighted by atomic mass is 10.00. The third-order valence-corrected chi connectivity index (χ3v) is 3.73. The fourth-order valence-corrected chi connectivity index (χ4v) is 2.28. The summed E-state index contributed by atoms with van der Waals surface area (Å²) in [6, 6.07) is 28.3. The Morgan fingerprint density at radius 2 is 0.917 bits per heavy atom. The summed E-state index contributed by atoms with van der Waals surface area (Å²) < 4.78 is 0. The van der Waals surface area contributed by atoms with Crippen molar-refractivity contribution < 1.29 is 0 Å². The molecule has 0 saturated heterocycles. The van der Waals surface area contributed by atoms with Crippen molar-refractivity contribution in [2.24, 2.45) is 5.73 Å². The van der Waals surface area contributed by atoms with Crippen LogP contribution in [0.25, 0.3) is 12.2 Å². The average Bonchev–Trinajstić information content (AvgIpc) is 2.69. The molecule has 0 aliphatic rings. The van der Waals surface area contributed by atoms with Crippen molar-refractivity contribution in [1.29, 1.82) is 0 Å². The van der Waals surface area contributed by atoms with Crippen LogP contribution >= 0.6 is 0 Å². The van der Waals surface area contributed by atoms with Gasteiger partial charge in [0.1, 0.15) is 0 Å². The molecule has 0 saturated carbocycles. The summed E-state index contributed by atoms with van der Waals surface area (Å²) >= 11 is 0. The van der Waals surface area contributed by atoms with E-state index in [9.17, 15) is 0 Å². The van der Waals surface area contributed by atoms with Gasteiger partial charge in [-0.2, -0.15) is 0 Å². The van der Waals surface area contributed by atoms with Gasteiger partial charge < -0.3 is 5.73 Å².